The summed E-state index contributed by atoms with van der Waals surface area (Å²) in [5.74, 6) is -0.544. The van der Waals surface area contributed by atoms with Gasteiger partial charge in [0.15, 0.2) is 0 Å². The number of likely N-dealkylation sites (tertiary alicyclic amines) is 1. The van der Waals surface area contributed by atoms with Crippen LogP contribution in [-0.4, -0.2) is 90.3 Å². The summed E-state index contributed by atoms with van der Waals surface area (Å²) >= 11 is 0. The zero-order valence-corrected chi connectivity index (χ0v) is 34.9. The number of amides is 1. The van der Waals surface area contributed by atoms with Crippen molar-refractivity contribution >= 4 is 45.3 Å². The van der Waals surface area contributed by atoms with Gasteiger partial charge in [0.2, 0.25) is 5.95 Å². The second-order valence-electron chi connectivity index (χ2n) is 15.3. The van der Waals surface area contributed by atoms with Crippen LogP contribution in [0.2, 0.25) is 0 Å². The molecule has 0 bridgehead atoms. The number of para-hydroxylation sites is 1. The molecule has 8 rings (SSSR count). The Morgan fingerprint density at radius 1 is 0.885 bits per heavy atom. The van der Waals surface area contributed by atoms with Crippen molar-refractivity contribution in [2.75, 3.05) is 61.2 Å². The van der Waals surface area contributed by atoms with E-state index in [2.05, 4.69) is 31.5 Å². The maximum Gasteiger partial charge on any atom is 0.259 e. The van der Waals surface area contributed by atoms with Crippen molar-refractivity contribution in [2.24, 2.45) is 5.92 Å². The number of anilines is 4. The third-order valence-corrected chi connectivity index (χ3v) is 12.2. The number of carbonyl (C=O) groups excluding carboxylic acids is 1. The van der Waals surface area contributed by atoms with Crippen LogP contribution in [0.1, 0.15) is 49.4 Å². The minimum Gasteiger partial charge on any atom is -0.494 e. The van der Waals surface area contributed by atoms with Gasteiger partial charge in [0.05, 0.1) is 42.0 Å². The number of thiol groups is 1. The van der Waals surface area contributed by atoms with Crippen molar-refractivity contribution in [3.05, 3.63) is 108 Å². The third-order valence-electron chi connectivity index (χ3n) is 11.6. The van der Waals surface area contributed by atoms with E-state index >= 15 is 0 Å². The predicted octanol–water partition coefficient (Wildman–Crippen LogP) is 7.82. The van der Waals surface area contributed by atoms with Crippen molar-refractivity contribution in [2.45, 2.75) is 45.1 Å². The van der Waals surface area contributed by atoms with Crippen LogP contribution in [0.15, 0.2) is 91.3 Å². The van der Waals surface area contributed by atoms with Gasteiger partial charge < -0.3 is 29.9 Å². The maximum absolute atomic E-state index is 14.6. The Kier molecular flexibility index (Phi) is 12.7. The zero-order chi connectivity index (χ0) is 42.5. The molecule has 5 heterocycles. The first-order valence-corrected chi connectivity index (χ1v) is 21.9. The van der Waals surface area contributed by atoms with Gasteiger partial charge in [-0.2, -0.15) is 0 Å². The lowest BCUT2D eigenvalue weighted by Crippen LogP contribution is -2.47. The van der Waals surface area contributed by atoms with E-state index < -0.39 is 33.9 Å². The minimum atomic E-state index is -2.30. The largest absolute Gasteiger partial charge is 0.494 e. The summed E-state index contributed by atoms with van der Waals surface area (Å²) in [6, 6.07) is 22.4. The number of piperidine rings is 2. The molecule has 0 atom stereocenters. The number of benzene rings is 3. The van der Waals surface area contributed by atoms with Crippen LogP contribution in [0.3, 0.4) is 0 Å². The van der Waals surface area contributed by atoms with Gasteiger partial charge >= 0.3 is 0 Å². The summed E-state index contributed by atoms with van der Waals surface area (Å²) in [5.41, 5.74) is 4.13. The molecule has 0 radical (unpaired) electrons. The monoisotopic (exact) mass is 850 g/mol. The quantitative estimate of drug-likeness (QED) is 0.0924. The first kappa shape index (κ1) is 41.6. The summed E-state index contributed by atoms with van der Waals surface area (Å²) in [6.07, 6.45) is 8.55. The van der Waals surface area contributed by atoms with Crippen molar-refractivity contribution in [3.63, 3.8) is 0 Å². The molecule has 3 aromatic heterocycles. The number of aromatic nitrogens is 4. The summed E-state index contributed by atoms with van der Waals surface area (Å²) in [4.78, 5) is 33.0. The molecule has 0 aliphatic carbocycles. The lowest BCUT2D eigenvalue weighted by Gasteiger charge is -2.42. The molecule has 2 saturated heterocycles. The Bertz CT molecular complexity index is 2580. The molecule has 0 unspecified atom stereocenters. The van der Waals surface area contributed by atoms with Crippen LogP contribution in [0, 0.1) is 17.6 Å². The number of carbonyl (C=O) groups is 1. The van der Waals surface area contributed by atoms with Gasteiger partial charge in [-0.3, -0.25) is 9.20 Å². The fraction of sp³-hybridized carbons (Fsp3) is 0.333. The van der Waals surface area contributed by atoms with Crippen molar-refractivity contribution in [1.29, 1.82) is 0 Å². The Morgan fingerprint density at radius 3 is 2.41 bits per heavy atom. The second kappa shape index (κ2) is 18.6. The van der Waals surface area contributed by atoms with Crippen molar-refractivity contribution in [1.82, 2.24) is 24.3 Å². The molecule has 13 nitrogen and oxygen atoms in total. The number of hydrogen-bond acceptors (Lipinski definition) is 11. The van der Waals surface area contributed by atoms with Gasteiger partial charge in [-0.05, 0) is 119 Å². The van der Waals surface area contributed by atoms with E-state index in [0.717, 1.165) is 76.1 Å². The Hall–Kier alpha value is -6.13. The standard InChI is InChI=1S/C45H48F2N8O5S/c1-3-60-38-13-10-30(27-33(38)44(56)52-42-34(46)7-6-8-35(42)47)41-43(55-21-5-4-9-40(55)51-41)37-14-20-48-45(50-37)49-36-12-11-32(28-39(36)59-2)54-24-17-31(18-25-54)53-22-15-29(16-23-53)19-26-61(57)58/h4-14,20-21,27-29,31,61H,3,15-19,22-26H2,1-2H3,(H,52,56)(H,48,49,50). The van der Waals surface area contributed by atoms with E-state index in [1.807, 2.05) is 40.9 Å². The van der Waals surface area contributed by atoms with Gasteiger partial charge in [0, 0.05) is 54.6 Å². The fourth-order valence-electron chi connectivity index (χ4n) is 8.41. The maximum atomic E-state index is 14.6. The molecular formula is C45H48F2N8O5S. The topological polar surface area (TPSA) is 143 Å². The summed E-state index contributed by atoms with van der Waals surface area (Å²) in [6.45, 7) is 5.95. The summed E-state index contributed by atoms with van der Waals surface area (Å²) < 4.78 is 64.7. The number of nitrogens with one attached hydrogen (secondary N) is 2. The molecular weight excluding hydrogens is 803 g/mol. The normalized spacial score (nSPS) is 15.3. The smallest absolute Gasteiger partial charge is 0.259 e. The highest BCUT2D eigenvalue weighted by atomic mass is 32.2. The fourth-order valence-corrected chi connectivity index (χ4v) is 8.99. The van der Waals surface area contributed by atoms with Crippen LogP contribution in [0.25, 0.3) is 28.3 Å². The molecule has 2 N–H and O–H groups in total. The lowest BCUT2D eigenvalue weighted by molar-refractivity contribution is 0.102. The molecule has 61 heavy (non-hydrogen) atoms. The van der Waals surface area contributed by atoms with Gasteiger partial charge in [-0.15, -0.1) is 0 Å². The number of imidazole rings is 1. The molecule has 3 aromatic carbocycles. The van der Waals surface area contributed by atoms with Gasteiger partial charge in [0.25, 0.3) is 5.91 Å². The van der Waals surface area contributed by atoms with Gasteiger partial charge in [-0.1, -0.05) is 12.1 Å². The molecule has 2 aliphatic rings. The van der Waals surface area contributed by atoms with E-state index in [4.69, 9.17) is 19.4 Å². The van der Waals surface area contributed by atoms with E-state index in [1.165, 1.54) is 6.07 Å². The first-order valence-electron chi connectivity index (χ1n) is 20.6. The van der Waals surface area contributed by atoms with E-state index in [9.17, 15) is 22.0 Å². The van der Waals surface area contributed by atoms with Crippen LogP contribution >= 0.6 is 0 Å². The van der Waals surface area contributed by atoms with Crippen LogP contribution in [0.4, 0.5) is 31.8 Å². The molecule has 6 aromatic rings. The van der Waals surface area contributed by atoms with Crippen molar-refractivity contribution in [3.8, 4) is 34.1 Å². The van der Waals surface area contributed by atoms with E-state index in [1.54, 1.807) is 44.5 Å². The SMILES string of the molecule is CCOc1ccc(-c2nc3ccccn3c2-c2ccnc(Nc3ccc(N4CCC(N5CCC(CC[SH](=O)=O)CC5)CC4)cc3OC)n2)cc1C(=O)Nc1c(F)cccc1F. The number of hydrogen-bond donors (Lipinski definition) is 3. The number of methoxy groups -OCH3 is 1. The highest BCUT2D eigenvalue weighted by Gasteiger charge is 2.29. The Labute approximate surface area is 354 Å². The second-order valence-corrected chi connectivity index (χ2v) is 16.4. The van der Waals surface area contributed by atoms with E-state index in [0.29, 0.717) is 63.4 Å². The number of halogens is 2. The number of fused-ring (bicyclic) bond motifs is 1. The average molecular weight is 851 g/mol. The number of rotatable bonds is 14. The highest BCUT2D eigenvalue weighted by Crippen LogP contribution is 2.37. The lowest BCUT2D eigenvalue weighted by atomic mass is 9.91. The zero-order valence-electron chi connectivity index (χ0n) is 34.0. The summed E-state index contributed by atoms with van der Waals surface area (Å²) in [7, 11) is -0.662. The predicted molar refractivity (Wildman–Crippen MR) is 233 cm³/mol. The van der Waals surface area contributed by atoms with Gasteiger partial charge in [-0.25, -0.2) is 32.2 Å². The third kappa shape index (κ3) is 9.30. The summed E-state index contributed by atoms with van der Waals surface area (Å²) in [5, 5.41) is 5.72. The molecule has 0 saturated carbocycles. The highest BCUT2D eigenvalue weighted by molar-refractivity contribution is 7.72. The molecule has 2 fully saturated rings. The minimum absolute atomic E-state index is 0.0702. The Morgan fingerprint density at radius 2 is 1.67 bits per heavy atom. The van der Waals surface area contributed by atoms with Crippen LogP contribution in [0.5, 0.6) is 11.5 Å². The van der Waals surface area contributed by atoms with Gasteiger partial charge in [0.1, 0.15) is 45.2 Å². The molecule has 1 amide bonds. The Balaban J connectivity index is 1.01. The molecule has 2 aliphatic heterocycles. The first-order chi connectivity index (χ1) is 29.7. The average Bonchev–Trinajstić information content (AvgIpc) is 3.67. The molecule has 0 spiro atoms. The molecule has 318 valence electrons. The van der Waals surface area contributed by atoms with Crippen molar-refractivity contribution < 1.29 is 31.5 Å². The number of ether oxygens (including phenoxy) is 2. The number of pyridine rings is 1. The molecule has 16 heteroatoms. The van der Waals surface area contributed by atoms with Crippen LogP contribution < -0.4 is 25.0 Å². The number of nitrogens with zero attached hydrogens (tertiary/aromatic N) is 6. The van der Waals surface area contributed by atoms with E-state index in [-0.39, 0.29) is 17.9 Å². The van der Waals surface area contributed by atoms with Crippen LogP contribution in [-0.2, 0) is 10.7 Å².